The number of pyridine rings is 1. The zero-order valence-corrected chi connectivity index (χ0v) is 9.94. The molecule has 2 nitrogen and oxygen atoms in total. The molecule has 0 N–H and O–H groups in total. The fraction of sp³-hybridized carbons (Fsp3) is 0.250. The van der Waals surface area contributed by atoms with Crippen molar-refractivity contribution >= 4 is 39.4 Å². The van der Waals surface area contributed by atoms with Crippen LogP contribution in [0.25, 0.3) is 0 Å². The van der Waals surface area contributed by atoms with Gasteiger partial charge in [0.2, 0.25) is 0 Å². The van der Waals surface area contributed by atoms with Crippen molar-refractivity contribution in [3.63, 3.8) is 0 Å². The molecule has 0 amide bonds. The van der Waals surface area contributed by atoms with Crippen LogP contribution in [-0.2, 0) is 0 Å². The summed E-state index contributed by atoms with van der Waals surface area (Å²) in [5.41, 5.74) is -0.160. The topological polar surface area (TPSA) is 30.0 Å². The molecule has 0 saturated carbocycles. The standard InChI is InChI=1S/C8H5ClF2INO/c1-3-2-13-8(12)5(7(10)11)4(3)6(9)14/h2,7H,1H3. The summed E-state index contributed by atoms with van der Waals surface area (Å²) >= 11 is 6.88. The Labute approximate surface area is 97.8 Å². The average molecular weight is 331 g/mol. The highest BCUT2D eigenvalue weighted by atomic mass is 127. The van der Waals surface area contributed by atoms with E-state index in [1.54, 1.807) is 22.6 Å². The second kappa shape index (κ2) is 4.48. The maximum Gasteiger partial charge on any atom is 0.267 e. The highest BCUT2D eigenvalue weighted by molar-refractivity contribution is 14.1. The molecule has 0 radical (unpaired) electrons. The summed E-state index contributed by atoms with van der Waals surface area (Å²) in [6.07, 6.45) is -1.39. The first-order valence-electron chi connectivity index (χ1n) is 3.58. The quantitative estimate of drug-likeness (QED) is 0.473. The smallest absolute Gasteiger partial charge is 0.267 e. The van der Waals surface area contributed by atoms with E-state index >= 15 is 0 Å². The van der Waals surface area contributed by atoms with Crippen LogP contribution in [0.4, 0.5) is 8.78 Å². The Kier molecular flexibility index (Phi) is 3.77. The number of hydrogen-bond donors (Lipinski definition) is 0. The molecule has 0 aromatic carbocycles. The minimum absolute atomic E-state index is 0.104. The van der Waals surface area contributed by atoms with Gasteiger partial charge in [-0.05, 0) is 46.7 Å². The first-order valence-corrected chi connectivity index (χ1v) is 5.03. The summed E-state index contributed by atoms with van der Waals surface area (Å²) in [5, 5.41) is -0.877. The van der Waals surface area contributed by atoms with Crippen LogP contribution in [0.5, 0.6) is 0 Å². The average Bonchev–Trinajstić information content (AvgIpc) is 2.07. The normalized spacial score (nSPS) is 10.7. The zero-order chi connectivity index (χ0) is 10.9. The minimum atomic E-state index is -2.74. The SMILES string of the molecule is Cc1cnc(I)c(C(F)F)c1C(=O)Cl. The number of halogens is 4. The van der Waals surface area contributed by atoms with E-state index in [0.717, 1.165) is 0 Å². The van der Waals surface area contributed by atoms with Gasteiger partial charge in [-0.3, -0.25) is 4.79 Å². The molecule has 0 bridgehead atoms. The molecule has 14 heavy (non-hydrogen) atoms. The Bertz CT molecular complexity index is 384. The van der Waals surface area contributed by atoms with E-state index in [-0.39, 0.29) is 14.8 Å². The van der Waals surface area contributed by atoms with Crippen LogP contribution in [0, 0.1) is 10.6 Å². The summed E-state index contributed by atoms with van der Waals surface area (Å²) in [4.78, 5) is 14.7. The van der Waals surface area contributed by atoms with Crippen molar-refractivity contribution in [2.75, 3.05) is 0 Å². The van der Waals surface area contributed by atoms with Crippen molar-refractivity contribution in [1.82, 2.24) is 4.98 Å². The number of hydrogen-bond acceptors (Lipinski definition) is 2. The van der Waals surface area contributed by atoms with Crippen LogP contribution in [0.15, 0.2) is 6.20 Å². The Balaban J connectivity index is 3.50. The Hall–Kier alpha value is -0.300. The van der Waals surface area contributed by atoms with Gasteiger partial charge in [-0.2, -0.15) is 0 Å². The van der Waals surface area contributed by atoms with E-state index in [1.165, 1.54) is 13.1 Å². The highest BCUT2D eigenvalue weighted by Crippen LogP contribution is 2.29. The van der Waals surface area contributed by atoms with Crippen molar-refractivity contribution in [3.8, 4) is 0 Å². The molecule has 6 heteroatoms. The van der Waals surface area contributed by atoms with Crippen molar-refractivity contribution in [2.45, 2.75) is 13.3 Å². The molecule has 0 unspecified atom stereocenters. The molecule has 0 spiro atoms. The van der Waals surface area contributed by atoms with Crippen molar-refractivity contribution in [3.05, 3.63) is 26.6 Å². The minimum Gasteiger partial charge on any atom is -0.276 e. The molecule has 1 rings (SSSR count). The Morgan fingerprint density at radius 2 is 2.21 bits per heavy atom. The Morgan fingerprint density at radius 1 is 1.64 bits per heavy atom. The number of carbonyl (C=O) groups excluding carboxylic acids is 1. The number of nitrogens with zero attached hydrogens (tertiary/aromatic N) is 1. The first kappa shape index (κ1) is 11.8. The predicted molar refractivity (Wildman–Crippen MR) is 56.8 cm³/mol. The molecule has 0 aliphatic carbocycles. The van der Waals surface area contributed by atoms with Gasteiger partial charge >= 0.3 is 0 Å². The molecule has 1 heterocycles. The maximum atomic E-state index is 12.6. The van der Waals surface area contributed by atoms with Crippen LogP contribution in [-0.4, -0.2) is 10.2 Å². The van der Waals surface area contributed by atoms with Crippen LogP contribution >= 0.6 is 34.2 Å². The van der Waals surface area contributed by atoms with Gasteiger partial charge in [0.25, 0.3) is 11.7 Å². The van der Waals surface area contributed by atoms with Crippen LogP contribution in [0.1, 0.15) is 27.9 Å². The molecule has 1 aromatic rings. The third-order valence-electron chi connectivity index (χ3n) is 1.67. The van der Waals surface area contributed by atoms with Crippen LogP contribution in [0.3, 0.4) is 0 Å². The number of carbonyl (C=O) groups is 1. The van der Waals surface area contributed by atoms with Crippen LogP contribution < -0.4 is 0 Å². The van der Waals surface area contributed by atoms with Crippen molar-refractivity contribution in [2.24, 2.45) is 0 Å². The molecule has 0 aliphatic heterocycles. The van der Waals surface area contributed by atoms with Gasteiger partial charge < -0.3 is 0 Å². The molecule has 0 fully saturated rings. The first-order chi connectivity index (χ1) is 6.45. The molecule has 0 saturated heterocycles. The fourth-order valence-electron chi connectivity index (χ4n) is 1.06. The summed E-state index contributed by atoms with van der Waals surface area (Å²) in [6.45, 7) is 1.52. The van der Waals surface area contributed by atoms with Gasteiger partial charge in [-0.25, -0.2) is 13.8 Å². The van der Waals surface area contributed by atoms with Gasteiger partial charge in [0, 0.05) is 6.20 Å². The van der Waals surface area contributed by atoms with Crippen LogP contribution in [0.2, 0.25) is 0 Å². The second-order valence-electron chi connectivity index (χ2n) is 2.60. The van der Waals surface area contributed by atoms with Gasteiger partial charge in [0.05, 0.1) is 11.1 Å². The van der Waals surface area contributed by atoms with E-state index in [1.807, 2.05) is 0 Å². The predicted octanol–water partition coefficient (Wildman–Crippen LogP) is 3.31. The van der Waals surface area contributed by atoms with E-state index in [4.69, 9.17) is 11.6 Å². The van der Waals surface area contributed by atoms with Crippen molar-refractivity contribution in [1.29, 1.82) is 0 Å². The van der Waals surface area contributed by atoms with Crippen molar-refractivity contribution < 1.29 is 13.6 Å². The largest absolute Gasteiger partial charge is 0.276 e. The molecule has 76 valence electrons. The van der Waals surface area contributed by atoms with Gasteiger partial charge in [-0.1, -0.05) is 0 Å². The number of aryl methyl sites for hydroxylation is 1. The lowest BCUT2D eigenvalue weighted by Gasteiger charge is -2.09. The maximum absolute atomic E-state index is 12.6. The lowest BCUT2D eigenvalue weighted by atomic mass is 10.1. The number of alkyl halides is 2. The van der Waals surface area contributed by atoms with E-state index in [2.05, 4.69) is 4.98 Å². The molecular formula is C8H5ClF2INO. The Morgan fingerprint density at radius 3 is 2.57 bits per heavy atom. The molecule has 0 aliphatic rings. The summed E-state index contributed by atoms with van der Waals surface area (Å²) in [7, 11) is 0. The van der Waals surface area contributed by atoms with Gasteiger partial charge in [0.15, 0.2) is 0 Å². The van der Waals surface area contributed by atoms with E-state index in [9.17, 15) is 13.6 Å². The lowest BCUT2D eigenvalue weighted by Crippen LogP contribution is -2.06. The van der Waals surface area contributed by atoms with Gasteiger partial charge in [0.1, 0.15) is 3.70 Å². The summed E-state index contributed by atoms with van der Waals surface area (Å²) < 4.78 is 25.2. The van der Waals surface area contributed by atoms with Gasteiger partial charge in [-0.15, -0.1) is 0 Å². The molecular weight excluding hydrogens is 326 g/mol. The molecule has 0 atom stereocenters. The molecule has 1 aromatic heterocycles. The zero-order valence-electron chi connectivity index (χ0n) is 7.02. The van der Waals surface area contributed by atoms with E-state index in [0.29, 0.717) is 5.56 Å². The summed E-state index contributed by atoms with van der Waals surface area (Å²) in [6, 6.07) is 0. The number of aromatic nitrogens is 1. The fourth-order valence-corrected chi connectivity index (χ4v) is 1.96. The monoisotopic (exact) mass is 331 g/mol. The third kappa shape index (κ3) is 2.20. The highest BCUT2D eigenvalue weighted by Gasteiger charge is 2.23. The second-order valence-corrected chi connectivity index (χ2v) is 3.96. The van der Waals surface area contributed by atoms with E-state index < -0.39 is 11.7 Å². The summed E-state index contributed by atoms with van der Waals surface area (Å²) in [5.74, 6) is 0. The third-order valence-corrected chi connectivity index (χ3v) is 2.72. The number of rotatable bonds is 2. The lowest BCUT2D eigenvalue weighted by molar-refractivity contribution is 0.106.